The van der Waals surface area contributed by atoms with E-state index in [0.29, 0.717) is 10.7 Å². The second-order valence-corrected chi connectivity index (χ2v) is 4.37. The molecule has 0 N–H and O–H groups in total. The Balaban J connectivity index is 2.46. The summed E-state index contributed by atoms with van der Waals surface area (Å²) >= 11 is 5.81. The number of rotatable bonds is 3. The standard InChI is InChI=1S/C13H12ClN3O3/c1-16(20-2)13(19)12-11(18)7-8-17(15-12)10-5-3-9(14)4-6-10/h3-8H,1-2H3. The van der Waals surface area contributed by atoms with Gasteiger partial charge >= 0.3 is 5.91 Å². The lowest BCUT2D eigenvalue weighted by Gasteiger charge is -2.13. The van der Waals surface area contributed by atoms with Crippen LogP contribution in [-0.4, -0.2) is 34.9 Å². The summed E-state index contributed by atoms with van der Waals surface area (Å²) in [5.41, 5.74) is -0.000525. The number of hydrogen-bond donors (Lipinski definition) is 0. The molecule has 1 aromatic carbocycles. The molecule has 0 unspecified atom stereocenters. The van der Waals surface area contributed by atoms with Crippen LogP contribution in [0.3, 0.4) is 0 Å². The van der Waals surface area contributed by atoms with E-state index < -0.39 is 11.3 Å². The molecule has 2 aromatic rings. The summed E-state index contributed by atoms with van der Waals surface area (Å²) in [4.78, 5) is 28.4. The van der Waals surface area contributed by atoms with Crippen molar-refractivity contribution >= 4 is 17.5 Å². The Morgan fingerprint density at radius 2 is 1.95 bits per heavy atom. The Morgan fingerprint density at radius 3 is 2.55 bits per heavy atom. The van der Waals surface area contributed by atoms with Gasteiger partial charge in [0.05, 0.1) is 12.8 Å². The zero-order valence-corrected chi connectivity index (χ0v) is 11.7. The van der Waals surface area contributed by atoms with Crippen LogP contribution < -0.4 is 5.43 Å². The number of halogens is 1. The number of amides is 1. The maximum Gasteiger partial charge on any atom is 0.301 e. The van der Waals surface area contributed by atoms with Gasteiger partial charge in [0, 0.05) is 24.3 Å². The third-order valence-electron chi connectivity index (χ3n) is 2.66. The van der Waals surface area contributed by atoms with E-state index in [4.69, 9.17) is 16.4 Å². The summed E-state index contributed by atoms with van der Waals surface area (Å²) in [5.74, 6) is -0.610. The number of carbonyl (C=O) groups is 1. The predicted octanol–water partition coefficient (Wildman–Crippen LogP) is 1.52. The lowest BCUT2D eigenvalue weighted by Crippen LogP contribution is -2.32. The van der Waals surface area contributed by atoms with Gasteiger partial charge in [-0.2, -0.15) is 5.10 Å². The molecule has 6 nitrogen and oxygen atoms in total. The second kappa shape index (κ2) is 5.85. The van der Waals surface area contributed by atoms with Gasteiger partial charge in [0.15, 0.2) is 5.69 Å². The van der Waals surface area contributed by atoms with Gasteiger partial charge in [-0.15, -0.1) is 0 Å². The van der Waals surface area contributed by atoms with Crippen LogP contribution in [0.25, 0.3) is 5.69 Å². The monoisotopic (exact) mass is 293 g/mol. The molecule has 2 rings (SSSR count). The SMILES string of the molecule is CON(C)C(=O)c1nn(-c2ccc(Cl)cc2)ccc1=O. The Morgan fingerprint density at radius 1 is 1.30 bits per heavy atom. The van der Waals surface area contributed by atoms with Crippen molar-refractivity contribution < 1.29 is 9.63 Å². The Kier molecular flexibility index (Phi) is 4.16. The first-order valence-corrected chi connectivity index (χ1v) is 6.09. The highest BCUT2D eigenvalue weighted by molar-refractivity contribution is 6.30. The first kappa shape index (κ1) is 14.2. The zero-order chi connectivity index (χ0) is 14.7. The van der Waals surface area contributed by atoms with Crippen molar-refractivity contribution in [2.75, 3.05) is 14.2 Å². The number of hydroxylamine groups is 2. The van der Waals surface area contributed by atoms with Crippen LogP contribution in [0.2, 0.25) is 5.02 Å². The first-order chi connectivity index (χ1) is 9.52. The average molecular weight is 294 g/mol. The molecule has 1 heterocycles. The lowest BCUT2D eigenvalue weighted by atomic mass is 10.3. The largest absolute Gasteiger partial charge is 0.301 e. The molecular weight excluding hydrogens is 282 g/mol. The maximum absolute atomic E-state index is 11.9. The van der Waals surface area contributed by atoms with Crippen LogP contribution in [0.5, 0.6) is 0 Å². The number of carbonyl (C=O) groups excluding carboxylic acids is 1. The number of hydrogen-bond acceptors (Lipinski definition) is 4. The molecule has 0 spiro atoms. The fraction of sp³-hybridized carbons (Fsp3) is 0.154. The van der Waals surface area contributed by atoms with E-state index >= 15 is 0 Å². The van der Waals surface area contributed by atoms with Crippen LogP contribution in [-0.2, 0) is 4.84 Å². The minimum absolute atomic E-state index is 0.216. The fourth-order valence-electron chi connectivity index (χ4n) is 1.53. The maximum atomic E-state index is 11.9. The smallest absolute Gasteiger partial charge is 0.287 e. The third-order valence-corrected chi connectivity index (χ3v) is 2.91. The molecule has 7 heteroatoms. The molecular formula is C13H12ClN3O3. The third kappa shape index (κ3) is 2.87. The van der Waals surface area contributed by atoms with Crippen molar-refractivity contribution in [1.82, 2.24) is 14.8 Å². The quantitative estimate of drug-likeness (QED) is 0.805. The van der Waals surface area contributed by atoms with Gasteiger partial charge in [0.2, 0.25) is 5.43 Å². The fourth-order valence-corrected chi connectivity index (χ4v) is 1.65. The zero-order valence-electron chi connectivity index (χ0n) is 10.9. The van der Waals surface area contributed by atoms with E-state index in [1.165, 1.54) is 31.1 Å². The van der Waals surface area contributed by atoms with Crippen molar-refractivity contribution in [3.8, 4) is 5.69 Å². The summed E-state index contributed by atoms with van der Waals surface area (Å²) in [7, 11) is 2.74. The number of aromatic nitrogens is 2. The van der Waals surface area contributed by atoms with E-state index in [9.17, 15) is 9.59 Å². The van der Waals surface area contributed by atoms with Crippen LogP contribution in [0, 0.1) is 0 Å². The second-order valence-electron chi connectivity index (χ2n) is 3.93. The van der Waals surface area contributed by atoms with Gasteiger partial charge in [0.1, 0.15) is 0 Å². The Hall–Kier alpha value is -2.18. The minimum Gasteiger partial charge on any atom is -0.287 e. The van der Waals surface area contributed by atoms with Crippen LogP contribution in [0.4, 0.5) is 0 Å². The molecule has 0 radical (unpaired) electrons. The molecule has 0 saturated carbocycles. The van der Waals surface area contributed by atoms with E-state index in [1.807, 2.05) is 0 Å². The molecule has 1 amide bonds. The summed E-state index contributed by atoms with van der Waals surface area (Å²) in [6.45, 7) is 0. The molecule has 104 valence electrons. The topological polar surface area (TPSA) is 64.4 Å². The highest BCUT2D eigenvalue weighted by Crippen LogP contribution is 2.12. The summed E-state index contributed by atoms with van der Waals surface area (Å²) in [5, 5.41) is 5.56. The highest BCUT2D eigenvalue weighted by Gasteiger charge is 2.17. The van der Waals surface area contributed by atoms with Gasteiger partial charge in [0.25, 0.3) is 0 Å². The van der Waals surface area contributed by atoms with Crippen molar-refractivity contribution in [1.29, 1.82) is 0 Å². The predicted molar refractivity (Wildman–Crippen MR) is 73.9 cm³/mol. The van der Waals surface area contributed by atoms with Gasteiger partial charge in [-0.05, 0) is 24.3 Å². The molecule has 0 aliphatic rings. The van der Waals surface area contributed by atoms with Crippen molar-refractivity contribution in [3.63, 3.8) is 0 Å². The average Bonchev–Trinajstić information content (AvgIpc) is 2.47. The number of nitrogens with zero attached hydrogens (tertiary/aromatic N) is 3. The van der Waals surface area contributed by atoms with Gasteiger partial charge in [-0.3, -0.25) is 14.4 Å². The van der Waals surface area contributed by atoms with Crippen LogP contribution in [0.1, 0.15) is 10.5 Å². The Bertz CT molecular complexity index is 682. The van der Waals surface area contributed by atoms with Gasteiger partial charge in [-0.1, -0.05) is 11.6 Å². The van der Waals surface area contributed by atoms with E-state index in [0.717, 1.165) is 5.06 Å². The van der Waals surface area contributed by atoms with Gasteiger partial charge in [-0.25, -0.2) is 9.75 Å². The molecule has 20 heavy (non-hydrogen) atoms. The van der Waals surface area contributed by atoms with E-state index in [1.54, 1.807) is 24.3 Å². The first-order valence-electron chi connectivity index (χ1n) is 5.71. The minimum atomic E-state index is -0.610. The van der Waals surface area contributed by atoms with E-state index in [-0.39, 0.29) is 5.69 Å². The van der Waals surface area contributed by atoms with Crippen molar-refractivity contribution in [2.24, 2.45) is 0 Å². The highest BCUT2D eigenvalue weighted by atomic mass is 35.5. The van der Waals surface area contributed by atoms with Crippen molar-refractivity contribution in [3.05, 3.63) is 57.5 Å². The normalized spacial score (nSPS) is 10.3. The Labute approximate surface area is 120 Å². The summed E-state index contributed by atoms with van der Waals surface area (Å²) in [6, 6.07) is 8.12. The molecule has 0 aliphatic heterocycles. The van der Waals surface area contributed by atoms with Crippen LogP contribution in [0.15, 0.2) is 41.3 Å². The lowest BCUT2D eigenvalue weighted by molar-refractivity contribution is -0.0762. The molecule has 0 bridgehead atoms. The van der Waals surface area contributed by atoms with Crippen molar-refractivity contribution in [2.45, 2.75) is 0 Å². The summed E-state index contributed by atoms with van der Waals surface area (Å²) in [6.07, 6.45) is 1.48. The summed E-state index contributed by atoms with van der Waals surface area (Å²) < 4.78 is 1.43. The van der Waals surface area contributed by atoms with E-state index in [2.05, 4.69) is 5.10 Å². The molecule has 0 fully saturated rings. The molecule has 0 saturated heterocycles. The van der Waals surface area contributed by atoms with Gasteiger partial charge < -0.3 is 0 Å². The molecule has 0 aliphatic carbocycles. The molecule has 0 atom stereocenters. The number of benzene rings is 1. The van der Waals surface area contributed by atoms with Crippen LogP contribution >= 0.6 is 11.6 Å². The molecule has 1 aromatic heterocycles.